The van der Waals surface area contributed by atoms with Crippen LogP contribution >= 0.6 is 0 Å². The maximum Gasteiger partial charge on any atom is 0.0916 e. The van der Waals surface area contributed by atoms with Crippen LogP contribution in [0.15, 0.2) is 24.4 Å². The largest absolute Gasteiger partial charge is 0.382 e. The van der Waals surface area contributed by atoms with Gasteiger partial charge in [0, 0.05) is 13.3 Å². The van der Waals surface area contributed by atoms with Crippen molar-refractivity contribution in [3.8, 4) is 0 Å². The molecule has 0 unspecified atom stereocenters. The molecule has 1 heterocycles. The standard InChI is InChI=1S/C9H14N2O2/c1-12-6-7-13-11-8-9-4-2-3-5-10-9/h2-5,11H,6-8H2,1H3. The molecular weight excluding hydrogens is 168 g/mol. The zero-order valence-electron chi connectivity index (χ0n) is 7.69. The van der Waals surface area contributed by atoms with E-state index in [1.165, 1.54) is 0 Å². The summed E-state index contributed by atoms with van der Waals surface area (Å²) in [6.07, 6.45) is 1.76. The van der Waals surface area contributed by atoms with Gasteiger partial charge >= 0.3 is 0 Å². The molecule has 0 atom stereocenters. The third-order valence-corrected chi connectivity index (χ3v) is 1.47. The summed E-state index contributed by atoms with van der Waals surface area (Å²) >= 11 is 0. The smallest absolute Gasteiger partial charge is 0.0916 e. The van der Waals surface area contributed by atoms with E-state index in [0.717, 1.165) is 5.69 Å². The molecule has 0 aromatic carbocycles. The van der Waals surface area contributed by atoms with Crippen LogP contribution in [0.2, 0.25) is 0 Å². The van der Waals surface area contributed by atoms with Gasteiger partial charge in [-0.05, 0) is 12.1 Å². The van der Waals surface area contributed by atoms with Crippen molar-refractivity contribution in [1.29, 1.82) is 0 Å². The lowest BCUT2D eigenvalue weighted by Crippen LogP contribution is -2.17. The second-order valence-corrected chi connectivity index (χ2v) is 2.48. The summed E-state index contributed by atoms with van der Waals surface area (Å²) in [5.41, 5.74) is 3.75. The van der Waals surface area contributed by atoms with Crippen molar-refractivity contribution in [2.45, 2.75) is 6.54 Å². The fourth-order valence-corrected chi connectivity index (χ4v) is 0.825. The number of hydroxylamine groups is 1. The monoisotopic (exact) mass is 182 g/mol. The molecule has 0 aliphatic heterocycles. The first-order chi connectivity index (χ1) is 6.43. The summed E-state index contributed by atoms with van der Waals surface area (Å²) in [4.78, 5) is 9.19. The molecule has 0 spiro atoms. The Morgan fingerprint density at radius 3 is 3.00 bits per heavy atom. The number of rotatable bonds is 6. The molecule has 0 fully saturated rings. The van der Waals surface area contributed by atoms with Crippen molar-refractivity contribution in [1.82, 2.24) is 10.5 Å². The average molecular weight is 182 g/mol. The zero-order chi connectivity index (χ0) is 9.36. The minimum Gasteiger partial charge on any atom is -0.382 e. The topological polar surface area (TPSA) is 43.4 Å². The van der Waals surface area contributed by atoms with Crippen LogP contribution in [0.1, 0.15) is 5.69 Å². The first kappa shape index (κ1) is 10.1. The Labute approximate surface area is 77.8 Å². The number of nitrogens with one attached hydrogen (secondary N) is 1. The SMILES string of the molecule is COCCONCc1ccccn1. The number of hydrogen-bond acceptors (Lipinski definition) is 4. The predicted octanol–water partition coefficient (Wildman–Crippen LogP) is 0.749. The van der Waals surface area contributed by atoms with Crippen LogP contribution in [-0.4, -0.2) is 25.3 Å². The highest BCUT2D eigenvalue weighted by Gasteiger charge is 1.91. The molecular formula is C9H14N2O2. The van der Waals surface area contributed by atoms with E-state index in [2.05, 4.69) is 10.5 Å². The molecule has 0 aliphatic rings. The molecule has 4 heteroatoms. The summed E-state index contributed by atoms with van der Waals surface area (Å²) in [6, 6.07) is 5.77. The number of ether oxygens (including phenoxy) is 1. The van der Waals surface area contributed by atoms with E-state index in [4.69, 9.17) is 9.57 Å². The van der Waals surface area contributed by atoms with Gasteiger partial charge < -0.3 is 4.74 Å². The first-order valence-corrected chi connectivity index (χ1v) is 4.17. The van der Waals surface area contributed by atoms with Crippen LogP contribution in [0, 0.1) is 0 Å². The van der Waals surface area contributed by atoms with Gasteiger partial charge in [0.1, 0.15) is 0 Å². The molecule has 72 valence electrons. The van der Waals surface area contributed by atoms with Gasteiger partial charge in [0.25, 0.3) is 0 Å². The number of nitrogens with zero attached hydrogens (tertiary/aromatic N) is 1. The molecule has 13 heavy (non-hydrogen) atoms. The lowest BCUT2D eigenvalue weighted by Gasteiger charge is -2.03. The summed E-state index contributed by atoms with van der Waals surface area (Å²) in [7, 11) is 1.64. The Balaban J connectivity index is 2.07. The number of hydrogen-bond donors (Lipinski definition) is 1. The third-order valence-electron chi connectivity index (χ3n) is 1.47. The van der Waals surface area contributed by atoms with Crippen LogP contribution in [0.4, 0.5) is 0 Å². The van der Waals surface area contributed by atoms with E-state index in [1.807, 2.05) is 18.2 Å². The molecule has 1 rings (SSSR count). The summed E-state index contributed by atoms with van der Waals surface area (Å²) in [5.74, 6) is 0. The molecule has 0 amide bonds. The fourth-order valence-electron chi connectivity index (χ4n) is 0.825. The predicted molar refractivity (Wildman–Crippen MR) is 48.9 cm³/mol. The summed E-state index contributed by atoms with van der Waals surface area (Å²) in [6.45, 7) is 1.75. The number of aromatic nitrogens is 1. The molecule has 0 saturated carbocycles. The quantitative estimate of drug-likeness (QED) is 0.521. The van der Waals surface area contributed by atoms with Crippen molar-refractivity contribution < 1.29 is 9.57 Å². The minimum atomic E-state index is 0.545. The Morgan fingerprint density at radius 2 is 2.31 bits per heavy atom. The van der Waals surface area contributed by atoms with Crippen LogP contribution in [0.25, 0.3) is 0 Å². The van der Waals surface area contributed by atoms with Gasteiger partial charge in [-0.25, -0.2) is 0 Å². The van der Waals surface area contributed by atoms with Crippen molar-refractivity contribution in [3.05, 3.63) is 30.1 Å². The highest BCUT2D eigenvalue weighted by Crippen LogP contribution is 1.91. The zero-order valence-corrected chi connectivity index (χ0v) is 7.69. The van der Waals surface area contributed by atoms with Gasteiger partial charge in [-0.3, -0.25) is 9.82 Å². The lowest BCUT2D eigenvalue weighted by molar-refractivity contribution is 0.00299. The molecule has 1 N–H and O–H groups in total. The van der Waals surface area contributed by atoms with E-state index in [-0.39, 0.29) is 0 Å². The van der Waals surface area contributed by atoms with E-state index in [1.54, 1.807) is 13.3 Å². The van der Waals surface area contributed by atoms with Crippen LogP contribution < -0.4 is 5.48 Å². The van der Waals surface area contributed by atoms with Gasteiger partial charge in [-0.15, -0.1) is 0 Å². The third kappa shape index (κ3) is 4.57. The van der Waals surface area contributed by atoms with Gasteiger partial charge in [0.15, 0.2) is 0 Å². The van der Waals surface area contributed by atoms with Gasteiger partial charge in [-0.1, -0.05) is 6.07 Å². The van der Waals surface area contributed by atoms with E-state index in [0.29, 0.717) is 19.8 Å². The average Bonchev–Trinajstić information content (AvgIpc) is 2.19. The fraction of sp³-hybridized carbons (Fsp3) is 0.444. The van der Waals surface area contributed by atoms with Crippen LogP contribution in [0.3, 0.4) is 0 Å². The van der Waals surface area contributed by atoms with E-state index in [9.17, 15) is 0 Å². The molecule has 0 aliphatic carbocycles. The Bertz CT molecular complexity index is 216. The second kappa shape index (κ2) is 6.54. The molecule has 4 nitrogen and oxygen atoms in total. The minimum absolute atomic E-state index is 0.545. The van der Waals surface area contributed by atoms with Crippen molar-refractivity contribution in [2.75, 3.05) is 20.3 Å². The maximum atomic E-state index is 5.06. The maximum absolute atomic E-state index is 5.06. The molecule has 0 bridgehead atoms. The molecule has 1 aromatic heterocycles. The van der Waals surface area contributed by atoms with E-state index >= 15 is 0 Å². The molecule has 0 saturated heterocycles. The van der Waals surface area contributed by atoms with Crippen molar-refractivity contribution in [3.63, 3.8) is 0 Å². The summed E-state index contributed by atoms with van der Waals surface area (Å²) < 4.78 is 4.81. The summed E-state index contributed by atoms with van der Waals surface area (Å²) in [5, 5.41) is 0. The highest BCUT2D eigenvalue weighted by molar-refractivity contribution is 5.02. The van der Waals surface area contributed by atoms with Crippen LogP contribution in [0.5, 0.6) is 0 Å². The second-order valence-electron chi connectivity index (χ2n) is 2.48. The van der Waals surface area contributed by atoms with E-state index < -0.39 is 0 Å². The van der Waals surface area contributed by atoms with Gasteiger partial charge in [0.05, 0.1) is 25.5 Å². The van der Waals surface area contributed by atoms with Gasteiger partial charge in [0.2, 0.25) is 0 Å². The molecule has 1 aromatic rings. The highest BCUT2D eigenvalue weighted by atomic mass is 16.7. The Morgan fingerprint density at radius 1 is 1.38 bits per heavy atom. The van der Waals surface area contributed by atoms with Crippen LogP contribution in [-0.2, 0) is 16.1 Å². The normalized spacial score (nSPS) is 10.2. The number of methoxy groups -OCH3 is 1. The molecule has 0 radical (unpaired) electrons. The van der Waals surface area contributed by atoms with Crippen molar-refractivity contribution in [2.24, 2.45) is 0 Å². The van der Waals surface area contributed by atoms with Gasteiger partial charge in [-0.2, -0.15) is 5.48 Å². The Kier molecular flexibility index (Phi) is 5.08. The first-order valence-electron chi connectivity index (χ1n) is 4.17. The Hall–Kier alpha value is -0.970. The number of pyridine rings is 1. The van der Waals surface area contributed by atoms with Crippen molar-refractivity contribution >= 4 is 0 Å². The lowest BCUT2D eigenvalue weighted by atomic mass is 10.4.